The number of nitrogens with one attached hydrogen (secondary N) is 1. The van der Waals surface area contributed by atoms with Crippen molar-refractivity contribution in [2.45, 2.75) is 6.92 Å². The van der Waals surface area contributed by atoms with Crippen LogP contribution < -0.4 is 5.43 Å². The molecular weight excluding hydrogens is 316 g/mol. The van der Waals surface area contributed by atoms with Crippen molar-refractivity contribution in [3.63, 3.8) is 0 Å². The normalized spacial score (nSPS) is 11.0. The number of nitrogens with zero attached hydrogens (tertiary/aromatic N) is 3. The zero-order valence-electron chi connectivity index (χ0n) is 11.8. The third-order valence-electron chi connectivity index (χ3n) is 2.97. The van der Waals surface area contributed by atoms with Crippen LogP contribution in [0, 0.1) is 6.92 Å². The molecule has 6 heteroatoms. The Hall–Kier alpha value is -2.24. The molecule has 4 nitrogen and oxygen atoms in total. The maximum absolute atomic E-state index is 5.92. The second kappa shape index (κ2) is 6.68. The SMILES string of the molecule is Cc1sc(N/N=C\c2cccnc2)nc1-c1ccc(Cl)cc1. The lowest BCUT2D eigenvalue weighted by Gasteiger charge is -1.98. The largest absolute Gasteiger partial charge is 0.264 e. The van der Waals surface area contributed by atoms with Gasteiger partial charge in [-0.2, -0.15) is 5.10 Å². The van der Waals surface area contributed by atoms with Crippen LogP contribution in [-0.2, 0) is 0 Å². The lowest BCUT2D eigenvalue weighted by Crippen LogP contribution is -1.90. The summed E-state index contributed by atoms with van der Waals surface area (Å²) in [6.45, 7) is 2.04. The molecular formula is C16H13ClN4S. The first-order valence-electron chi connectivity index (χ1n) is 6.65. The van der Waals surface area contributed by atoms with E-state index in [1.165, 1.54) is 0 Å². The van der Waals surface area contributed by atoms with Crippen LogP contribution in [0.1, 0.15) is 10.4 Å². The summed E-state index contributed by atoms with van der Waals surface area (Å²) >= 11 is 7.48. The van der Waals surface area contributed by atoms with Crippen molar-refractivity contribution in [3.05, 3.63) is 64.3 Å². The quantitative estimate of drug-likeness (QED) is 0.562. The van der Waals surface area contributed by atoms with E-state index in [9.17, 15) is 0 Å². The number of hydrazone groups is 1. The van der Waals surface area contributed by atoms with Gasteiger partial charge >= 0.3 is 0 Å². The highest BCUT2D eigenvalue weighted by Gasteiger charge is 2.09. The smallest absolute Gasteiger partial charge is 0.204 e. The maximum Gasteiger partial charge on any atom is 0.204 e. The van der Waals surface area contributed by atoms with E-state index in [0.717, 1.165) is 31.9 Å². The van der Waals surface area contributed by atoms with Crippen molar-refractivity contribution in [3.8, 4) is 11.3 Å². The molecule has 0 radical (unpaired) electrons. The third kappa shape index (κ3) is 3.50. The molecule has 0 atom stereocenters. The lowest BCUT2D eigenvalue weighted by molar-refractivity contribution is 1.27. The van der Waals surface area contributed by atoms with E-state index in [0.29, 0.717) is 0 Å². The molecule has 3 rings (SSSR count). The van der Waals surface area contributed by atoms with Crippen LogP contribution in [0.3, 0.4) is 0 Å². The minimum absolute atomic E-state index is 0.719. The van der Waals surface area contributed by atoms with Crippen molar-refractivity contribution in [1.29, 1.82) is 0 Å². The first-order chi connectivity index (χ1) is 10.7. The number of benzene rings is 1. The Labute approximate surface area is 137 Å². The van der Waals surface area contributed by atoms with Gasteiger partial charge in [-0.3, -0.25) is 10.4 Å². The van der Waals surface area contributed by atoms with Crippen LogP contribution in [0.2, 0.25) is 5.02 Å². The molecule has 0 aliphatic heterocycles. The van der Waals surface area contributed by atoms with Crippen LogP contribution in [0.15, 0.2) is 53.9 Å². The highest BCUT2D eigenvalue weighted by molar-refractivity contribution is 7.15. The molecule has 0 amide bonds. The minimum atomic E-state index is 0.719. The number of rotatable bonds is 4. The van der Waals surface area contributed by atoms with E-state index in [1.807, 2.05) is 43.3 Å². The summed E-state index contributed by atoms with van der Waals surface area (Å²) in [7, 11) is 0. The third-order valence-corrected chi connectivity index (χ3v) is 4.10. The van der Waals surface area contributed by atoms with Gasteiger partial charge in [-0.1, -0.05) is 29.8 Å². The molecule has 0 saturated carbocycles. The van der Waals surface area contributed by atoms with E-state index in [1.54, 1.807) is 29.9 Å². The van der Waals surface area contributed by atoms with Gasteiger partial charge in [-0.15, -0.1) is 11.3 Å². The van der Waals surface area contributed by atoms with Crippen LogP contribution >= 0.6 is 22.9 Å². The molecule has 0 unspecified atom stereocenters. The topological polar surface area (TPSA) is 50.2 Å². The minimum Gasteiger partial charge on any atom is -0.264 e. The Morgan fingerprint density at radius 2 is 2.05 bits per heavy atom. The monoisotopic (exact) mass is 328 g/mol. The molecule has 2 heterocycles. The standard InChI is InChI=1S/C16H13ClN4S/c1-11-15(13-4-6-14(17)7-5-13)20-16(22-11)21-19-10-12-3-2-8-18-9-12/h2-10H,1H3,(H,20,21)/b19-10-. The molecule has 110 valence electrons. The molecule has 0 saturated heterocycles. The molecule has 1 aromatic carbocycles. The number of hydrogen-bond donors (Lipinski definition) is 1. The molecule has 0 aliphatic rings. The van der Waals surface area contributed by atoms with Gasteiger partial charge in [0.15, 0.2) is 0 Å². The molecule has 0 aliphatic carbocycles. The number of aromatic nitrogens is 2. The van der Waals surface area contributed by atoms with E-state index < -0.39 is 0 Å². The molecule has 3 aromatic rings. The summed E-state index contributed by atoms with van der Waals surface area (Å²) in [5.41, 5.74) is 5.88. The average Bonchev–Trinajstić information content (AvgIpc) is 2.90. The van der Waals surface area contributed by atoms with Gasteiger partial charge in [0.25, 0.3) is 0 Å². The van der Waals surface area contributed by atoms with Gasteiger partial charge in [0.05, 0.1) is 11.9 Å². The summed E-state index contributed by atoms with van der Waals surface area (Å²) in [4.78, 5) is 9.73. The Morgan fingerprint density at radius 1 is 1.23 bits per heavy atom. The Morgan fingerprint density at radius 3 is 2.77 bits per heavy atom. The number of pyridine rings is 1. The Bertz CT molecular complexity index is 782. The van der Waals surface area contributed by atoms with E-state index >= 15 is 0 Å². The fourth-order valence-corrected chi connectivity index (χ4v) is 2.85. The summed E-state index contributed by atoms with van der Waals surface area (Å²) in [6, 6.07) is 11.5. The maximum atomic E-state index is 5.92. The number of anilines is 1. The predicted molar refractivity (Wildman–Crippen MR) is 92.8 cm³/mol. The summed E-state index contributed by atoms with van der Waals surface area (Å²) < 4.78 is 0. The molecule has 1 N–H and O–H groups in total. The van der Waals surface area contributed by atoms with Crippen molar-refractivity contribution < 1.29 is 0 Å². The number of aryl methyl sites for hydroxylation is 1. The van der Waals surface area contributed by atoms with Gasteiger partial charge in [-0.25, -0.2) is 4.98 Å². The highest BCUT2D eigenvalue weighted by atomic mass is 35.5. The van der Waals surface area contributed by atoms with Gasteiger partial charge in [-0.05, 0) is 25.1 Å². The Balaban J connectivity index is 1.75. The summed E-state index contributed by atoms with van der Waals surface area (Å²) in [6.07, 6.45) is 5.19. The molecule has 22 heavy (non-hydrogen) atoms. The Kier molecular flexibility index (Phi) is 4.46. The summed E-state index contributed by atoms with van der Waals surface area (Å²) in [5, 5.41) is 5.66. The second-order valence-corrected chi connectivity index (χ2v) is 6.23. The number of hydrogen-bond acceptors (Lipinski definition) is 5. The van der Waals surface area contributed by atoms with Crippen LogP contribution in [-0.4, -0.2) is 16.2 Å². The summed E-state index contributed by atoms with van der Waals surface area (Å²) in [5.74, 6) is 0. The zero-order chi connectivity index (χ0) is 15.4. The van der Waals surface area contributed by atoms with Crippen molar-refractivity contribution in [2.24, 2.45) is 5.10 Å². The van der Waals surface area contributed by atoms with Crippen molar-refractivity contribution in [2.75, 3.05) is 5.43 Å². The van der Waals surface area contributed by atoms with Crippen molar-refractivity contribution in [1.82, 2.24) is 9.97 Å². The van der Waals surface area contributed by atoms with Crippen LogP contribution in [0.4, 0.5) is 5.13 Å². The molecule has 0 fully saturated rings. The van der Waals surface area contributed by atoms with E-state index in [4.69, 9.17) is 11.6 Å². The fraction of sp³-hybridized carbons (Fsp3) is 0.0625. The first-order valence-corrected chi connectivity index (χ1v) is 7.84. The van der Waals surface area contributed by atoms with Gasteiger partial charge in [0.2, 0.25) is 5.13 Å². The fourth-order valence-electron chi connectivity index (χ4n) is 1.93. The number of halogens is 1. The molecule has 0 bridgehead atoms. The van der Waals surface area contributed by atoms with E-state index in [-0.39, 0.29) is 0 Å². The van der Waals surface area contributed by atoms with Gasteiger partial charge < -0.3 is 0 Å². The van der Waals surface area contributed by atoms with Gasteiger partial charge in [0, 0.05) is 33.4 Å². The van der Waals surface area contributed by atoms with Crippen LogP contribution in [0.25, 0.3) is 11.3 Å². The lowest BCUT2D eigenvalue weighted by atomic mass is 10.1. The van der Waals surface area contributed by atoms with E-state index in [2.05, 4.69) is 20.5 Å². The average molecular weight is 329 g/mol. The van der Waals surface area contributed by atoms with Gasteiger partial charge in [0.1, 0.15) is 0 Å². The molecule has 2 aromatic heterocycles. The van der Waals surface area contributed by atoms with Crippen LogP contribution in [0.5, 0.6) is 0 Å². The van der Waals surface area contributed by atoms with Crippen molar-refractivity contribution >= 4 is 34.3 Å². The molecule has 0 spiro atoms. The number of thiazole rings is 1. The highest BCUT2D eigenvalue weighted by Crippen LogP contribution is 2.30. The zero-order valence-corrected chi connectivity index (χ0v) is 13.4. The predicted octanol–water partition coefficient (Wildman–Crippen LogP) is 4.61. The first kappa shape index (κ1) is 14.7. The second-order valence-electron chi connectivity index (χ2n) is 4.59.